The van der Waals surface area contributed by atoms with Crippen molar-refractivity contribution in [1.29, 1.82) is 0 Å². The third-order valence-corrected chi connectivity index (χ3v) is 5.91. The number of carbonyl (C=O) groups is 2. The molecule has 0 saturated carbocycles. The number of anilines is 1. The van der Waals surface area contributed by atoms with Crippen molar-refractivity contribution in [1.82, 2.24) is 10.2 Å². The molecule has 2 aliphatic heterocycles. The largest absolute Gasteiger partial charge is 0.467 e. The van der Waals surface area contributed by atoms with Gasteiger partial charge in [-0.25, -0.2) is 0 Å². The van der Waals surface area contributed by atoms with E-state index in [1.807, 2.05) is 47.4 Å². The van der Waals surface area contributed by atoms with Crippen molar-refractivity contribution in [2.75, 3.05) is 18.5 Å². The molecule has 1 saturated heterocycles. The summed E-state index contributed by atoms with van der Waals surface area (Å²) in [5.41, 5.74) is 2.94. The van der Waals surface area contributed by atoms with E-state index in [-0.39, 0.29) is 24.1 Å². The van der Waals surface area contributed by atoms with E-state index >= 15 is 0 Å². The molecule has 32 heavy (non-hydrogen) atoms. The molecule has 2 unspecified atom stereocenters. The van der Waals surface area contributed by atoms with Crippen LogP contribution in [0.25, 0.3) is 0 Å². The Labute approximate surface area is 186 Å². The molecular formula is C25H25N3O4. The fourth-order valence-electron chi connectivity index (χ4n) is 4.31. The van der Waals surface area contributed by atoms with Gasteiger partial charge in [-0.3, -0.25) is 9.59 Å². The van der Waals surface area contributed by atoms with E-state index in [2.05, 4.69) is 10.6 Å². The Morgan fingerprint density at radius 3 is 2.81 bits per heavy atom. The standard InChI is InChI=1S/C25H25N3O4/c29-24(26-15-19-8-4-12-31-19)17-6-3-7-18(14-17)27-23-21-10-1-2-11-22(21)25(30)28(23)16-20-9-5-13-32-20/h1-4,6-8,10-12,14,20,23,27H,5,9,13,15-16H2,(H,26,29). The van der Waals surface area contributed by atoms with Crippen LogP contribution in [0.2, 0.25) is 0 Å². The van der Waals surface area contributed by atoms with Gasteiger partial charge in [-0.05, 0) is 49.2 Å². The molecule has 2 aliphatic rings. The maximum Gasteiger partial charge on any atom is 0.256 e. The molecule has 7 nitrogen and oxygen atoms in total. The summed E-state index contributed by atoms with van der Waals surface area (Å²) in [7, 11) is 0. The Morgan fingerprint density at radius 1 is 1.09 bits per heavy atom. The van der Waals surface area contributed by atoms with Gasteiger partial charge in [0.15, 0.2) is 0 Å². The molecule has 2 aromatic carbocycles. The molecule has 3 aromatic rings. The molecule has 2 amide bonds. The van der Waals surface area contributed by atoms with E-state index in [1.54, 1.807) is 24.5 Å². The normalized spacial score (nSPS) is 19.8. The predicted molar refractivity (Wildman–Crippen MR) is 119 cm³/mol. The number of furan rings is 1. The van der Waals surface area contributed by atoms with E-state index in [9.17, 15) is 9.59 Å². The molecule has 1 fully saturated rings. The second-order valence-corrected chi connectivity index (χ2v) is 8.07. The molecule has 0 spiro atoms. The molecule has 164 valence electrons. The number of rotatable bonds is 7. The van der Waals surface area contributed by atoms with Crippen LogP contribution in [0, 0.1) is 0 Å². The van der Waals surface area contributed by atoms with Gasteiger partial charge < -0.3 is 24.7 Å². The zero-order valence-corrected chi connectivity index (χ0v) is 17.6. The van der Waals surface area contributed by atoms with Crippen LogP contribution < -0.4 is 10.6 Å². The first-order chi connectivity index (χ1) is 15.7. The third kappa shape index (κ3) is 4.11. The topological polar surface area (TPSA) is 83.8 Å². The first-order valence-electron chi connectivity index (χ1n) is 10.9. The predicted octanol–water partition coefficient (Wildman–Crippen LogP) is 3.96. The highest BCUT2D eigenvalue weighted by atomic mass is 16.5. The van der Waals surface area contributed by atoms with Crippen LogP contribution in [0.1, 0.15) is 51.0 Å². The van der Waals surface area contributed by atoms with Gasteiger partial charge in [0.05, 0.1) is 18.9 Å². The van der Waals surface area contributed by atoms with Crippen LogP contribution in [-0.4, -0.2) is 36.0 Å². The summed E-state index contributed by atoms with van der Waals surface area (Å²) in [4.78, 5) is 27.6. The molecule has 5 rings (SSSR count). The van der Waals surface area contributed by atoms with Gasteiger partial charge in [-0.1, -0.05) is 24.3 Å². The van der Waals surface area contributed by atoms with E-state index in [0.29, 0.717) is 30.0 Å². The SMILES string of the molecule is O=C(NCc1ccco1)c1cccc(NC2c3ccccc3C(=O)N2CC2CCCO2)c1. The average Bonchev–Trinajstić information content (AvgIpc) is 3.57. The Hall–Kier alpha value is -3.58. The molecular weight excluding hydrogens is 406 g/mol. The quantitative estimate of drug-likeness (QED) is 0.592. The summed E-state index contributed by atoms with van der Waals surface area (Å²) >= 11 is 0. The summed E-state index contributed by atoms with van der Waals surface area (Å²) in [5.74, 6) is 0.503. The number of amides is 2. The molecule has 3 heterocycles. The Morgan fingerprint density at radius 2 is 2.00 bits per heavy atom. The van der Waals surface area contributed by atoms with Crippen molar-refractivity contribution in [2.24, 2.45) is 0 Å². The molecule has 0 aliphatic carbocycles. The third-order valence-electron chi connectivity index (χ3n) is 5.91. The van der Waals surface area contributed by atoms with Crippen LogP contribution in [0.15, 0.2) is 71.3 Å². The van der Waals surface area contributed by atoms with Crippen LogP contribution in [0.5, 0.6) is 0 Å². The first kappa shape index (κ1) is 20.3. The van der Waals surface area contributed by atoms with Crippen LogP contribution >= 0.6 is 0 Å². The fraction of sp³-hybridized carbons (Fsp3) is 0.280. The maximum atomic E-state index is 13.1. The van der Waals surface area contributed by atoms with E-state index in [4.69, 9.17) is 9.15 Å². The summed E-state index contributed by atoms with van der Waals surface area (Å²) < 4.78 is 11.1. The van der Waals surface area contributed by atoms with Gasteiger partial charge in [0.25, 0.3) is 11.8 Å². The smallest absolute Gasteiger partial charge is 0.256 e. The zero-order valence-electron chi connectivity index (χ0n) is 17.6. The van der Waals surface area contributed by atoms with Crippen molar-refractivity contribution in [2.45, 2.75) is 31.7 Å². The minimum absolute atomic E-state index is 0.000875. The van der Waals surface area contributed by atoms with Gasteiger partial charge in [-0.15, -0.1) is 0 Å². The Balaban J connectivity index is 1.34. The summed E-state index contributed by atoms with van der Waals surface area (Å²) in [6, 6.07) is 18.6. The molecule has 0 bridgehead atoms. The second kappa shape index (κ2) is 8.88. The minimum atomic E-state index is -0.315. The van der Waals surface area contributed by atoms with Crippen molar-refractivity contribution >= 4 is 17.5 Å². The lowest BCUT2D eigenvalue weighted by molar-refractivity contribution is 0.0488. The number of hydrogen-bond donors (Lipinski definition) is 2. The number of carbonyl (C=O) groups excluding carboxylic acids is 2. The maximum absolute atomic E-state index is 13.1. The Bertz CT molecular complexity index is 1110. The molecule has 7 heteroatoms. The van der Waals surface area contributed by atoms with Gasteiger partial charge in [0.2, 0.25) is 0 Å². The molecule has 0 radical (unpaired) electrons. The highest BCUT2D eigenvalue weighted by Gasteiger charge is 2.38. The summed E-state index contributed by atoms with van der Waals surface area (Å²) in [6.07, 6.45) is 3.29. The van der Waals surface area contributed by atoms with Crippen molar-refractivity contribution in [3.63, 3.8) is 0 Å². The van der Waals surface area contributed by atoms with Crippen LogP contribution in [-0.2, 0) is 11.3 Å². The van der Waals surface area contributed by atoms with Crippen molar-refractivity contribution in [3.05, 3.63) is 89.4 Å². The number of nitrogens with zero attached hydrogens (tertiary/aromatic N) is 1. The number of nitrogens with one attached hydrogen (secondary N) is 2. The molecule has 2 atom stereocenters. The summed E-state index contributed by atoms with van der Waals surface area (Å²) in [6.45, 7) is 1.60. The van der Waals surface area contributed by atoms with E-state index in [0.717, 1.165) is 30.7 Å². The lowest BCUT2D eigenvalue weighted by Crippen LogP contribution is -2.38. The number of fused-ring (bicyclic) bond motifs is 1. The molecule has 1 aromatic heterocycles. The number of benzene rings is 2. The fourth-order valence-corrected chi connectivity index (χ4v) is 4.31. The highest BCUT2D eigenvalue weighted by Crippen LogP contribution is 2.35. The molecule has 2 N–H and O–H groups in total. The van der Waals surface area contributed by atoms with Gasteiger partial charge in [0, 0.05) is 35.5 Å². The zero-order chi connectivity index (χ0) is 21.9. The lowest BCUT2D eigenvalue weighted by atomic mass is 10.1. The van der Waals surface area contributed by atoms with Crippen molar-refractivity contribution < 1.29 is 18.7 Å². The van der Waals surface area contributed by atoms with Gasteiger partial charge >= 0.3 is 0 Å². The lowest BCUT2D eigenvalue weighted by Gasteiger charge is -2.29. The monoisotopic (exact) mass is 431 g/mol. The minimum Gasteiger partial charge on any atom is -0.467 e. The van der Waals surface area contributed by atoms with Crippen molar-refractivity contribution in [3.8, 4) is 0 Å². The first-order valence-corrected chi connectivity index (χ1v) is 10.9. The second-order valence-electron chi connectivity index (χ2n) is 8.07. The van der Waals surface area contributed by atoms with Crippen LogP contribution in [0.4, 0.5) is 5.69 Å². The average molecular weight is 431 g/mol. The number of hydrogen-bond acceptors (Lipinski definition) is 5. The number of ether oxygens (including phenoxy) is 1. The van der Waals surface area contributed by atoms with Gasteiger partial charge in [0.1, 0.15) is 11.9 Å². The van der Waals surface area contributed by atoms with Gasteiger partial charge in [-0.2, -0.15) is 0 Å². The van der Waals surface area contributed by atoms with E-state index in [1.165, 1.54) is 0 Å². The van der Waals surface area contributed by atoms with Crippen LogP contribution in [0.3, 0.4) is 0 Å². The highest BCUT2D eigenvalue weighted by molar-refractivity contribution is 5.99. The van der Waals surface area contributed by atoms with E-state index < -0.39 is 0 Å². The Kier molecular flexibility index (Phi) is 5.64. The summed E-state index contributed by atoms with van der Waals surface area (Å²) in [5, 5.41) is 6.33.